The Morgan fingerprint density at radius 2 is 1.81 bits per heavy atom. The van der Waals surface area contributed by atoms with Crippen LogP contribution in [0.3, 0.4) is 0 Å². The van der Waals surface area contributed by atoms with Crippen LogP contribution in [0.4, 0.5) is 17.1 Å². The van der Waals surface area contributed by atoms with Crippen LogP contribution in [0.1, 0.15) is 21.3 Å². The number of nitrogens with one attached hydrogen (secondary N) is 1. The molecular formula is C24H22ClN3O2S. The molecule has 7 heteroatoms. The normalized spacial score (nSPS) is 15.8. The van der Waals surface area contributed by atoms with E-state index in [2.05, 4.69) is 5.32 Å². The molecule has 0 radical (unpaired) electrons. The second-order valence-electron chi connectivity index (χ2n) is 7.43. The molecule has 1 aliphatic rings. The number of benzene rings is 3. The number of carbonyl (C=O) groups excluding carboxylic acids is 2. The van der Waals surface area contributed by atoms with E-state index >= 15 is 0 Å². The minimum Gasteiger partial charge on any atom is -0.378 e. The van der Waals surface area contributed by atoms with Crippen molar-refractivity contribution in [2.45, 2.75) is 5.37 Å². The van der Waals surface area contributed by atoms with Crippen LogP contribution in [0.2, 0.25) is 5.02 Å². The van der Waals surface area contributed by atoms with Crippen LogP contribution in [0.25, 0.3) is 0 Å². The van der Waals surface area contributed by atoms with Gasteiger partial charge in [0.05, 0.1) is 5.75 Å². The highest BCUT2D eigenvalue weighted by atomic mass is 35.5. The Balaban J connectivity index is 1.57. The van der Waals surface area contributed by atoms with Crippen molar-refractivity contribution in [3.8, 4) is 0 Å². The first-order valence-corrected chi connectivity index (χ1v) is 11.2. The third kappa shape index (κ3) is 4.70. The fourth-order valence-corrected chi connectivity index (χ4v) is 4.82. The molecule has 1 atom stereocenters. The van der Waals surface area contributed by atoms with Crippen molar-refractivity contribution in [2.24, 2.45) is 0 Å². The molecule has 31 heavy (non-hydrogen) atoms. The molecule has 1 fully saturated rings. The lowest BCUT2D eigenvalue weighted by Gasteiger charge is -2.25. The van der Waals surface area contributed by atoms with E-state index in [9.17, 15) is 9.59 Å². The molecule has 158 valence electrons. The van der Waals surface area contributed by atoms with Crippen LogP contribution < -0.4 is 15.1 Å². The predicted octanol–water partition coefficient (Wildman–Crippen LogP) is 5.44. The van der Waals surface area contributed by atoms with Gasteiger partial charge >= 0.3 is 0 Å². The van der Waals surface area contributed by atoms with Crippen LogP contribution in [-0.4, -0.2) is 31.7 Å². The molecule has 5 nitrogen and oxygen atoms in total. The minimum absolute atomic E-state index is 0.0703. The molecule has 0 aromatic heterocycles. The SMILES string of the molecule is CN(C)c1ccc(N2C(=O)CS[C@H]2c2cccc(NC(=O)c3cccc(Cl)c3)c2)cc1. The highest BCUT2D eigenvalue weighted by molar-refractivity contribution is 8.00. The second-order valence-corrected chi connectivity index (χ2v) is 8.93. The summed E-state index contributed by atoms with van der Waals surface area (Å²) in [6, 6.07) is 22.4. The van der Waals surface area contributed by atoms with Gasteiger partial charge in [-0.05, 0) is 60.2 Å². The largest absolute Gasteiger partial charge is 0.378 e. The number of halogens is 1. The van der Waals surface area contributed by atoms with Crippen molar-refractivity contribution < 1.29 is 9.59 Å². The zero-order valence-electron chi connectivity index (χ0n) is 17.2. The summed E-state index contributed by atoms with van der Waals surface area (Å²) in [5.74, 6) is 0.256. The number of hydrogen-bond acceptors (Lipinski definition) is 4. The molecule has 0 aliphatic carbocycles. The second kappa shape index (κ2) is 9.04. The van der Waals surface area contributed by atoms with Gasteiger partial charge in [-0.25, -0.2) is 0 Å². The molecule has 1 N–H and O–H groups in total. The van der Waals surface area contributed by atoms with Gasteiger partial charge in [-0.15, -0.1) is 11.8 Å². The average Bonchev–Trinajstić information content (AvgIpc) is 3.15. The van der Waals surface area contributed by atoms with Gasteiger partial charge < -0.3 is 10.2 Å². The average molecular weight is 452 g/mol. The summed E-state index contributed by atoms with van der Waals surface area (Å²) < 4.78 is 0. The molecule has 3 aromatic rings. The third-order valence-electron chi connectivity index (χ3n) is 5.03. The number of anilines is 3. The smallest absolute Gasteiger partial charge is 0.255 e. The maximum absolute atomic E-state index is 12.7. The van der Waals surface area contributed by atoms with Crippen molar-refractivity contribution in [1.82, 2.24) is 0 Å². The first kappa shape index (κ1) is 21.3. The fourth-order valence-electron chi connectivity index (χ4n) is 3.46. The quantitative estimate of drug-likeness (QED) is 0.561. The molecule has 0 bridgehead atoms. The molecule has 0 saturated carbocycles. The van der Waals surface area contributed by atoms with Crippen molar-refractivity contribution in [1.29, 1.82) is 0 Å². The van der Waals surface area contributed by atoms with Crippen LogP contribution in [0.15, 0.2) is 72.8 Å². The topological polar surface area (TPSA) is 52.6 Å². The van der Waals surface area contributed by atoms with Gasteiger partial charge in [0.25, 0.3) is 5.91 Å². The van der Waals surface area contributed by atoms with Gasteiger partial charge in [-0.1, -0.05) is 29.8 Å². The number of hydrogen-bond donors (Lipinski definition) is 1. The monoisotopic (exact) mass is 451 g/mol. The highest BCUT2D eigenvalue weighted by Gasteiger charge is 2.34. The van der Waals surface area contributed by atoms with Crippen LogP contribution in [0, 0.1) is 0 Å². The molecule has 1 heterocycles. The number of nitrogens with zero attached hydrogens (tertiary/aromatic N) is 2. The first-order chi connectivity index (χ1) is 14.9. The Hall–Kier alpha value is -2.96. The number of rotatable bonds is 5. The maximum Gasteiger partial charge on any atom is 0.255 e. The van der Waals surface area contributed by atoms with E-state index in [1.54, 1.807) is 36.0 Å². The highest BCUT2D eigenvalue weighted by Crippen LogP contribution is 2.42. The van der Waals surface area contributed by atoms with Gasteiger partial charge in [-0.3, -0.25) is 14.5 Å². The van der Waals surface area contributed by atoms with Crippen LogP contribution in [-0.2, 0) is 4.79 Å². The number of thioether (sulfide) groups is 1. The van der Waals surface area contributed by atoms with E-state index in [1.807, 2.05) is 72.4 Å². The molecule has 4 rings (SSSR count). The van der Waals surface area contributed by atoms with Crippen molar-refractivity contribution in [2.75, 3.05) is 35.0 Å². The molecule has 0 unspecified atom stereocenters. The summed E-state index contributed by atoms with van der Waals surface area (Å²) in [6.07, 6.45) is 0. The summed E-state index contributed by atoms with van der Waals surface area (Å²) in [7, 11) is 3.97. The molecule has 1 aliphatic heterocycles. The van der Waals surface area contributed by atoms with E-state index in [0.29, 0.717) is 22.0 Å². The van der Waals surface area contributed by atoms with E-state index in [4.69, 9.17) is 11.6 Å². The Bertz CT molecular complexity index is 1120. The lowest BCUT2D eigenvalue weighted by molar-refractivity contribution is -0.115. The summed E-state index contributed by atoms with van der Waals surface area (Å²) in [6.45, 7) is 0. The Labute approximate surface area is 191 Å². The molecular weight excluding hydrogens is 430 g/mol. The van der Waals surface area contributed by atoms with Gasteiger partial charge in [0, 0.05) is 41.7 Å². The standard InChI is InChI=1S/C24H22ClN3O2S/c1-27(2)20-9-11-21(12-10-20)28-22(29)15-31-24(28)17-6-4-8-19(14-17)26-23(30)16-5-3-7-18(25)13-16/h3-14,24H,15H2,1-2H3,(H,26,30)/t24-/m0/s1. The summed E-state index contributed by atoms with van der Waals surface area (Å²) >= 11 is 7.57. The van der Waals surface area contributed by atoms with E-state index in [0.717, 1.165) is 16.9 Å². The lowest BCUT2D eigenvalue weighted by Crippen LogP contribution is -2.27. The Morgan fingerprint density at radius 3 is 2.52 bits per heavy atom. The third-order valence-corrected chi connectivity index (χ3v) is 6.48. The van der Waals surface area contributed by atoms with E-state index < -0.39 is 0 Å². The lowest BCUT2D eigenvalue weighted by atomic mass is 10.1. The minimum atomic E-state index is -0.231. The van der Waals surface area contributed by atoms with Gasteiger partial charge in [0.15, 0.2) is 0 Å². The number of carbonyl (C=O) groups is 2. The Morgan fingerprint density at radius 1 is 1.06 bits per heavy atom. The molecule has 2 amide bonds. The van der Waals surface area contributed by atoms with Crippen LogP contribution in [0.5, 0.6) is 0 Å². The van der Waals surface area contributed by atoms with Gasteiger partial charge in [-0.2, -0.15) is 0 Å². The Kier molecular flexibility index (Phi) is 6.20. The van der Waals surface area contributed by atoms with E-state index in [1.165, 1.54) is 0 Å². The van der Waals surface area contributed by atoms with Crippen molar-refractivity contribution >= 4 is 52.2 Å². The summed E-state index contributed by atoms with van der Waals surface area (Å²) in [4.78, 5) is 29.1. The molecule has 1 saturated heterocycles. The fraction of sp³-hybridized carbons (Fsp3) is 0.167. The first-order valence-electron chi connectivity index (χ1n) is 9.80. The van der Waals surface area contributed by atoms with Gasteiger partial charge in [0.1, 0.15) is 5.37 Å². The molecule has 0 spiro atoms. The zero-order valence-corrected chi connectivity index (χ0v) is 18.8. The summed E-state index contributed by atoms with van der Waals surface area (Å²) in [5, 5.41) is 3.28. The zero-order chi connectivity index (χ0) is 22.0. The molecule has 3 aromatic carbocycles. The van der Waals surface area contributed by atoms with Crippen molar-refractivity contribution in [3.63, 3.8) is 0 Å². The predicted molar refractivity (Wildman–Crippen MR) is 129 cm³/mol. The van der Waals surface area contributed by atoms with Gasteiger partial charge in [0.2, 0.25) is 5.91 Å². The van der Waals surface area contributed by atoms with Crippen molar-refractivity contribution in [3.05, 3.63) is 88.9 Å². The van der Waals surface area contributed by atoms with Crippen LogP contribution >= 0.6 is 23.4 Å². The van der Waals surface area contributed by atoms with E-state index in [-0.39, 0.29) is 17.2 Å². The maximum atomic E-state index is 12.7. The number of amides is 2. The summed E-state index contributed by atoms with van der Waals surface area (Å²) in [5.41, 5.74) is 4.05.